The quantitative estimate of drug-likeness (QED) is 0.552. The molecule has 0 aliphatic heterocycles. The van der Waals surface area contributed by atoms with Gasteiger partial charge in [-0.3, -0.25) is 5.32 Å². The van der Waals surface area contributed by atoms with E-state index >= 15 is 0 Å². The highest BCUT2D eigenvalue weighted by molar-refractivity contribution is 5.84. The predicted octanol–water partition coefficient (Wildman–Crippen LogP) is 3.93. The van der Waals surface area contributed by atoms with Gasteiger partial charge in [-0.1, -0.05) is 42.8 Å². The van der Waals surface area contributed by atoms with Gasteiger partial charge < -0.3 is 19.7 Å². The summed E-state index contributed by atoms with van der Waals surface area (Å²) in [7, 11) is 0. The summed E-state index contributed by atoms with van der Waals surface area (Å²) >= 11 is 0. The van der Waals surface area contributed by atoms with Gasteiger partial charge in [0.25, 0.3) is 0 Å². The van der Waals surface area contributed by atoms with Crippen molar-refractivity contribution in [3.63, 3.8) is 0 Å². The van der Waals surface area contributed by atoms with E-state index in [9.17, 15) is 9.59 Å². The molecule has 29 heavy (non-hydrogen) atoms. The zero-order valence-electron chi connectivity index (χ0n) is 16.4. The van der Waals surface area contributed by atoms with Gasteiger partial charge in [0.15, 0.2) is 0 Å². The molecule has 0 aliphatic rings. The minimum absolute atomic E-state index is 0.124. The Balaban J connectivity index is 2.21. The lowest BCUT2D eigenvalue weighted by Gasteiger charge is -2.23. The number of carbonyl (C=O) groups excluding carboxylic acids is 1. The second kappa shape index (κ2) is 10.9. The molecule has 3 N–H and O–H groups in total. The average molecular weight is 399 g/mol. The molecule has 0 saturated carbocycles. The smallest absolute Gasteiger partial charge is 0.412 e. The van der Waals surface area contributed by atoms with Crippen LogP contribution in [0.5, 0.6) is 5.75 Å². The molecule has 0 saturated heterocycles. The molecule has 0 unspecified atom stereocenters. The van der Waals surface area contributed by atoms with Gasteiger partial charge in [0.05, 0.1) is 6.61 Å². The number of hydrogen-bond donors (Lipinski definition) is 3. The third kappa shape index (κ3) is 7.31. The van der Waals surface area contributed by atoms with Crippen molar-refractivity contribution in [3.05, 3.63) is 71.8 Å². The van der Waals surface area contributed by atoms with Crippen LogP contribution in [0.15, 0.2) is 60.7 Å². The van der Waals surface area contributed by atoms with Crippen molar-refractivity contribution in [1.29, 1.82) is 0 Å². The first-order chi connectivity index (χ1) is 13.9. The first-order valence-electron chi connectivity index (χ1n) is 9.18. The third-order valence-electron chi connectivity index (χ3n) is 4.10. The molecule has 2 atom stereocenters. The number of aliphatic hydroxyl groups is 1. The zero-order valence-corrected chi connectivity index (χ0v) is 16.4. The maximum absolute atomic E-state index is 12.4. The maximum Gasteiger partial charge on any atom is 0.412 e. The molecule has 2 aromatic carbocycles. The Morgan fingerprint density at radius 1 is 1.17 bits per heavy atom. The number of nitrogens with one attached hydrogen (secondary N) is 1. The lowest BCUT2D eigenvalue weighted by Crippen LogP contribution is -2.21. The van der Waals surface area contributed by atoms with Gasteiger partial charge >= 0.3 is 12.1 Å². The summed E-state index contributed by atoms with van der Waals surface area (Å²) in [6.45, 7) is 3.71. The minimum Gasteiger partial charge on any atom is -0.491 e. The first-order valence-corrected chi connectivity index (χ1v) is 9.18. The van der Waals surface area contributed by atoms with Crippen LogP contribution in [0.3, 0.4) is 0 Å². The normalized spacial score (nSPS) is 12.9. The number of carbonyl (C=O) groups is 2. The van der Waals surface area contributed by atoms with Gasteiger partial charge in [0.2, 0.25) is 0 Å². The Kier molecular flexibility index (Phi) is 8.24. The monoisotopic (exact) mass is 399 g/mol. The van der Waals surface area contributed by atoms with E-state index in [4.69, 9.17) is 19.7 Å². The number of rotatable bonds is 9. The van der Waals surface area contributed by atoms with E-state index < -0.39 is 24.1 Å². The van der Waals surface area contributed by atoms with Gasteiger partial charge in [0.1, 0.15) is 18.5 Å². The lowest BCUT2D eigenvalue weighted by molar-refractivity contribution is -0.131. The molecule has 0 bridgehead atoms. The van der Waals surface area contributed by atoms with Crippen molar-refractivity contribution in [3.8, 4) is 5.75 Å². The summed E-state index contributed by atoms with van der Waals surface area (Å²) in [6, 6.07) is 14.2. The molecule has 0 aromatic heterocycles. The van der Waals surface area contributed by atoms with Crippen LogP contribution >= 0.6 is 0 Å². The number of aryl methyl sites for hydroxylation is 1. The number of amides is 1. The predicted molar refractivity (Wildman–Crippen MR) is 109 cm³/mol. The first kappa shape index (κ1) is 22.0. The molecule has 0 radical (unpaired) electrons. The molecule has 2 rings (SSSR count). The summed E-state index contributed by atoms with van der Waals surface area (Å²) in [4.78, 5) is 23.3. The zero-order chi connectivity index (χ0) is 21.2. The van der Waals surface area contributed by atoms with Crippen molar-refractivity contribution in [1.82, 2.24) is 0 Å². The minimum atomic E-state index is -1.08. The van der Waals surface area contributed by atoms with Crippen molar-refractivity contribution in [2.45, 2.75) is 20.0 Å². The molecule has 7 nitrogen and oxygen atoms in total. The standard InChI is InChI=1S/C22H25NO6/c1-15-6-9-18(10-7-15)23-22(27)29-21(16(2)8-11-20(25)26)17-4-3-5-19(14-17)28-13-12-24/h3-11,14,16,21,24H,12-13H2,1-2H3,(H,23,27)(H,25,26)/b11-8+/t16-,21+/m0/s1. The van der Waals surface area contributed by atoms with E-state index in [1.54, 1.807) is 43.3 Å². The van der Waals surface area contributed by atoms with E-state index in [-0.39, 0.29) is 13.2 Å². The summed E-state index contributed by atoms with van der Waals surface area (Å²) in [5.74, 6) is -0.985. The van der Waals surface area contributed by atoms with Crippen molar-refractivity contribution in [2.75, 3.05) is 18.5 Å². The van der Waals surface area contributed by atoms with E-state index in [1.807, 2.05) is 19.1 Å². The summed E-state index contributed by atoms with van der Waals surface area (Å²) in [5, 5.41) is 20.5. The van der Waals surface area contributed by atoms with Crippen LogP contribution in [-0.2, 0) is 9.53 Å². The van der Waals surface area contributed by atoms with Crippen LogP contribution in [0.2, 0.25) is 0 Å². The molecule has 0 aliphatic carbocycles. The highest BCUT2D eigenvalue weighted by Gasteiger charge is 2.23. The fourth-order valence-corrected chi connectivity index (χ4v) is 2.66. The molecular weight excluding hydrogens is 374 g/mol. The molecule has 2 aromatic rings. The molecular formula is C22H25NO6. The van der Waals surface area contributed by atoms with Crippen LogP contribution < -0.4 is 10.1 Å². The van der Waals surface area contributed by atoms with Crippen molar-refractivity contribution in [2.24, 2.45) is 5.92 Å². The fraction of sp³-hybridized carbons (Fsp3) is 0.273. The fourth-order valence-electron chi connectivity index (χ4n) is 2.66. The van der Waals surface area contributed by atoms with Crippen LogP contribution in [0, 0.1) is 12.8 Å². The number of aliphatic carboxylic acids is 1. The second-order valence-corrected chi connectivity index (χ2v) is 6.52. The van der Waals surface area contributed by atoms with E-state index in [0.29, 0.717) is 17.0 Å². The van der Waals surface area contributed by atoms with Gasteiger partial charge in [-0.05, 0) is 36.8 Å². The SMILES string of the molecule is Cc1ccc(NC(=O)O[C@@H](c2cccc(OCCO)c2)[C@@H](C)/C=C/C(=O)O)cc1. The van der Waals surface area contributed by atoms with E-state index in [2.05, 4.69) is 5.32 Å². The van der Waals surface area contributed by atoms with E-state index in [1.165, 1.54) is 6.08 Å². The molecule has 0 spiro atoms. The number of ether oxygens (including phenoxy) is 2. The molecule has 0 heterocycles. The third-order valence-corrected chi connectivity index (χ3v) is 4.10. The van der Waals surface area contributed by atoms with Crippen LogP contribution in [-0.4, -0.2) is 35.5 Å². The highest BCUT2D eigenvalue weighted by atomic mass is 16.6. The molecule has 1 amide bonds. The number of aliphatic hydroxyl groups excluding tert-OH is 1. The Hall–Kier alpha value is -3.32. The van der Waals surface area contributed by atoms with Crippen molar-refractivity contribution >= 4 is 17.7 Å². The number of carboxylic acids is 1. The summed E-state index contributed by atoms with van der Waals surface area (Å²) in [5.41, 5.74) is 2.30. The number of anilines is 1. The van der Waals surface area contributed by atoms with Gasteiger partial charge in [0, 0.05) is 17.7 Å². The summed E-state index contributed by atoms with van der Waals surface area (Å²) < 4.78 is 11.0. The topological polar surface area (TPSA) is 105 Å². The number of carboxylic acid groups (broad SMARTS) is 1. The van der Waals surface area contributed by atoms with Crippen LogP contribution in [0.25, 0.3) is 0 Å². The number of hydrogen-bond acceptors (Lipinski definition) is 5. The molecule has 154 valence electrons. The Bertz CT molecular complexity index is 847. The second-order valence-electron chi connectivity index (χ2n) is 6.52. The number of benzene rings is 2. The Morgan fingerprint density at radius 2 is 1.90 bits per heavy atom. The van der Waals surface area contributed by atoms with Crippen molar-refractivity contribution < 1.29 is 29.3 Å². The lowest BCUT2D eigenvalue weighted by atomic mass is 9.96. The Labute approximate surface area is 169 Å². The molecule has 7 heteroatoms. The van der Waals surface area contributed by atoms with Gasteiger partial charge in [-0.2, -0.15) is 0 Å². The van der Waals surface area contributed by atoms with Crippen LogP contribution in [0.1, 0.15) is 24.2 Å². The maximum atomic E-state index is 12.4. The molecule has 0 fully saturated rings. The Morgan fingerprint density at radius 3 is 2.55 bits per heavy atom. The average Bonchev–Trinajstić information content (AvgIpc) is 2.70. The largest absolute Gasteiger partial charge is 0.491 e. The van der Waals surface area contributed by atoms with Crippen LogP contribution in [0.4, 0.5) is 10.5 Å². The summed E-state index contributed by atoms with van der Waals surface area (Å²) in [6.07, 6.45) is 1.09. The van der Waals surface area contributed by atoms with Gasteiger partial charge in [-0.25, -0.2) is 9.59 Å². The van der Waals surface area contributed by atoms with Gasteiger partial charge in [-0.15, -0.1) is 0 Å². The highest BCUT2D eigenvalue weighted by Crippen LogP contribution is 2.30. The van der Waals surface area contributed by atoms with E-state index in [0.717, 1.165) is 11.6 Å².